The van der Waals surface area contributed by atoms with Crippen molar-refractivity contribution in [3.05, 3.63) is 52.0 Å². The second kappa shape index (κ2) is 8.71. The molecular weight excluding hydrogens is 468 g/mol. The number of hydrogen-bond donors (Lipinski definition) is 1. The number of ether oxygens (including phenoxy) is 1. The van der Waals surface area contributed by atoms with Crippen molar-refractivity contribution in [1.29, 1.82) is 0 Å². The van der Waals surface area contributed by atoms with Crippen LogP contribution >= 0.6 is 27.5 Å². The molecule has 6 nitrogen and oxygen atoms in total. The summed E-state index contributed by atoms with van der Waals surface area (Å²) >= 11 is 9.49. The smallest absolute Gasteiger partial charge is 0.246 e. The van der Waals surface area contributed by atoms with Gasteiger partial charge in [0.15, 0.2) is 15.6 Å². The van der Waals surface area contributed by atoms with Crippen LogP contribution in [0.3, 0.4) is 0 Å². The van der Waals surface area contributed by atoms with E-state index < -0.39 is 9.84 Å². The van der Waals surface area contributed by atoms with E-state index in [1.54, 1.807) is 29.2 Å². The second-order valence-electron chi connectivity index (χ2n) is 6.48. The Kier molecular flexibility index (Phi) is 6.52. The number of rotatable bonds is 6. The van der Waals surface area contributed by atoms with Gasteiger partial charge in [0.2, 0.25) is 5.91 Å². The fourth-order valence-corrected chi connectivity index (χ4v) is 5.95. The van der Waals surface area contributed by atoms with Gasteiger partial charge in [-0.25, -0.2) is 8.42 Å². The highest BCUT2D eigenvalue weighted by molar-refractivity contribution is 9.10. The first-order chi connectivity index (χ1) is 13.3. The summed E-state index contributed by atoms with van der Waals surface area (Å²) in [6.07, 6.45) is 0.426. The summed E-state index contributed by atoms with van der Waals surface area (Å²) in [5, 5.41) is 3.55. The number of amides is 1. The Morgan fingerprint density at radius 2 is 2.04 bits per heavy atom. The van der Waals surface area contributed by atoms with Crippen LogP contribution in [0, 0.1) is 0 Å². The fraction of sp³-hybridized carbons (Fsp3) is 0.316. The van der Waals surface area contributed by atoms with Gasteiger partial charge in [-0.15, -0.1) is 0 Å². The van der Waals surface area contributed by atoms with Crippen LogP contribution in [0.1, 0.15) is 6.42 Å². The number of anilines is 2. The minimum atomic E-state index is -3.13. The molecule has 0 aliphatic carbocycles. The number of halogens is 2. The lowest BCUT2D eigenvalue weighted by atomic mass is 10.1. The highest BCUT2D eigenvalue weighted by Gasteiger charge is 2.35. The van der Waals surface area contributed by atoms with E-state index in [2.05, 4.69) is 21.2 Å². The number of benzene rings is 2. The van der Waals surface area contributed by atoms with Crippen LogP contribution in [-0.4, -0.2) is 45.5 Å². The van der Waals surface area contributed by atoms with E-state index in [1.807, 2.05) is 18.2 Å². The van der Waals surface area contributed by atoms with Crippen LogP contribution in [-0.2, 0) is 14.6 Å². The van der Waals surface area contributed by atoms with Crippen molar-refractivity contribution in [3.63, 3.8) is 0 Å². The summed E-state index contributed by atoms with van der Waals surface area (Å²) in [6.45, 7) is -0.0332. The molecule has 0 aromatic heterocycles. The van der Waals surface area contributed by atoms with Gasteiger partial charge < -0.3 is 15.0 Å². The van der Waals surface area contributed by atoms with E-state index in [4.69, 9.17) is 16.3 Å². The maximum Gasteiger partial charge on any atom is 0.246 e. The lowest BCUT2D eigenvalue weighted by Crippen LogP contribution is -2.44. The van der Waals surface area contributed by atoms with E-state index in [0.29, 0.717) is 33.0 Å². The summed E-state index contributed by atoms with van der Waals surface area (Å²) in [6, 6.07) is 12.1. The van der Waals surface area contributed by atoms with Gasteiger partial charge in [-0.2, -0.15) is 0 Å². The third-order valence-corrected chi connectivity index (χ3v) is 7.08. The molecule has 0 saturated carbocycles. The Balaban J connectivity index is 1.83. The average molecular weight is 488 g/mol. The monoisotopic (exact) mass is 486 g/mol. The van der Waals surface area contributed by atoms with E-state index in [0.717, 1.165) is 0 Å². The number of hydrogen-bond acceptors (Lipinski definition) is 5. The van der Waals surface area contributed by atoms with E-state index >= 15 is 0 Å². The lowest BCUT2D eigenvalue weighted by molar-refractivity contribution is -0.117. The number of methoxy groups -OCH3 is 1. The Morgan fingerprint density at radius 1 is 1.32 bits per heavy atom. The lowest BCUT2D eigenvalue weighted by Gasteiger charge is -2.29. The van der Waals surface area contributed by atoms with Crippen molar-refractivity contribution in [3.8, 4) is 5.75 Å². The SMILES string of the molecule is COc1c(Br)cc(Cl)cc1NCC(=O)N(c1ccccc1)[C@H]1CCS(=O)(=O)C1. The molecule has 0 radical (unpaired) electrons. The zero-order valence-corrected chi connectivity index (χ0v) is 18.4. The minimum Gasteiger partial charge on any atom is -0.493 e. The van der Waals surface area contributed by atoms with E-state index in [1.165, 1.54) is 7.11 Å². The van der Waals surface area contributed by atoms with Gasteiger partial charge in [-0.05, 0) is 46.6 Å². The first-order valence-electron chi connectivity index (χ1n) is 8.65. The number of sulfone groups is 1. The van der Waals surface area contributed by atoms with Crippen molar-refractivity contribution in [2.75, 3.05) is 35.4 Å². The maximum atomic E-state index is 13.1. The summed E-state index contributed by atoms with van der Waals surface area (Å²) < 4.78 is 29.9. The maximum absolute atomic E-state index is 13.1. The fourth-order valence-electron chi connectivity index (χ4n) is 3.28. The molecular formula is C19H20BrClN2O4S. The van der Waals surface area contributed by atoms with Crippen LogP contribution in [0.15, 0.2) is 46.9 Å². The van der Waals surface area contributed by atoms with Crippen LogP contribution in [0.25, 0.3) is 0 Å². The average Bonchev–Trinajstić information content (AvgIpc) is 3.00. The van der Waals surface area contributed by atoms with E-state index in [9.17, 15) is 13.2 Å². The highest BCUT2D eigenvalue weighted by atomic mass is 79.9. The van der Waals surface area contributed by atoms with Crippen molar-refractivity contribution in [2.45, 2.75) is 12.5 Å². The number of nitrogens with one attached hydrogen (secondary N) is 1. The van der Waals surface area contributed by atoms with Crippen LogP contribution < -0.4 is 15.0 Å². The number of para-hydroxylation sites is 1. The Bertz CT molecular complexity index is 969. The van der Waals surface area contributed by atoms with Gasteiger partial charge in [0.25, 0.3) is 0 Å². The van der Waals surface area contributed by atoms with Crippen molar-refractivity contribution in [1.82, 2.24) is 0 Å². The molecule has 1 aliphatic heterocycles. The molecule has 1 fully saturated rings. The third kappa shape index (κ3) is 4.79. The number of carbonyl (C=O) groups is 1. The number of carbonyl (C=O) groups excluding carboxylic acids is 1. The first-order valence-corrected chi connectivity index (χ1v) is 11.6. The largest absolute Gasteiger partial charge is 0.493 e. The van der Waals surface area contributed by atoms with Gasteiger partial charge in [0.05, 0.1) is 41.4 Å². The Labute approximate surface area is 177 Å². The normalized spacial score (nSPS) is 17.9. The first kappa shape index (κ1) is 21.0. The van der Waals surface area contributed by atoms with Gasteiger partial charge in [0.1, 0.15) is 0 Å². The summed E-state index contributed by atoms with van der Waals surface area (Å²) in [5.41, 5.74) is 1.25. The molecule has 3 rings (SSSR count). The quantitative estimate of drug-likeness (QED) is 0.672. The van der Waals surface area contributed by atoms with Crippen molar-refractivity contribution < 1.29 is 17.9 Å². The van der Waals surface area contributed by atoms with E-state index in [-0.39, 0.29) is 30.0 Å². The Hall–Kier alpha value is -1.77. The van der Waals surface area contributed by atoms with Crippen molar-refractivity contribution in [2.24, 2.45) is 0 Å². The Morgan fingerprint density at radius 3 is 2.64 bits per heavy atom. The molecule has 28 heavy (non-hydrogen) atoms. The third-order valence-electron chi connectivity index (χ3n) is 4.52. The predicted octanol–water partition coefficient (Wildman–Crippen LogP) is 3.74. The molecule has 1 aliphatic rings. The molecule has 2 aromatic rings. The molecule has 1 atom stereocenters. The summed E-state index contributed by atoms with van der Waals surface area (Å²) in [5.74, 6) is 0.370. The molecule has 1 N–H and O–H groups in total. The molecule has 0 unspecified atom stereocenters. The summed E-state index contributed by atoms with van der Waals surface area (Å²) in [7, 11) is -1.60. The zero-order chi connectivity index (χ0) is 20.3. The molecule has 1 heterocycles. The van der Waals surface area contributed by atoms with Gasteiger partial charge in [-0.1, -0.05) is 29.8 Å². The number of nitrogens with zero attached hydrogens (tertiary/aromatic N) is 1. The van der Waals surface area contributed by atoms with Crippen molar-refractivity contribution >= 4 is 54.7 Å². The van der Waals surface area contributed by atoms with Gasteiger partial charge >= 0.3 is 0 Å². The second-order valence-corrected chi connectivity index (χ2v) is 10.00. The van der Waals surface area contributed by atoms with Gasteiger partial charge in [-0.3, -0.25) is 4.79 Å². The molecule has 0 bridgehead atoms. The van der Waals surface area contributed by atoms with Crippen LogP contribution in [0.4, 0.5) is 11.4 Å². The highest BCUT2D eigenvalue weighted by Crippen LogP contribution is 2.36. The van der Waals surface area contributed by atoms with Gasteiger partial charge in [0, 0.05) is 10.7 Å². The van der Waals surface area contributed by atoms with Crippen LogP contribution in [0.2, 0.25) is 5.02 Å². The molecule has 1 amide bonds. The van der Waals surface area contributed by atoms with Crippen LogP contribution in [0.5, 0.6) is 5.75 Å². The molecule has 2 aromatic carbocycles. The summed E-state index contributed by atoms with van der Waals surface area (Å²) in [4.78, 5) is 14.6. The molecule has 150 valence electrons. The molecule has 0 spiro atoms. The zero-order valence-electron chi connectivity index (χ0n) is 15.2. The predicted molar refractivity (Wildman–Crippen MR) is 115 cm³/mol. The molecule has 1 saturated heterocycles. The standard InChI is InChI=1S/C19H20BrClN2O4S/c1-27-19-16(20)9-13(21)10-17(19)22-11-18(24)23(14-5-3-2-4-6-14)15-7-8-28(25,26)12-15/h2-6,9-10,15,22H,7-8,11-12H2,1H3/t15-/m0/s1. The minimum absolute atomic E-state index is 0.0281. The molecule has 9 heteroatoms. The topological polar surface area (TPSA) is 75.7 Å².